The van der Waals surface area contributed by atoms with Crippen molar-refractivity contribution in [1.82, 2.24) is 9.97 Å². The molecular formula is C10H11N3O3S. The average Bonchev–Trinajstić information content (AvgIpc) is 2.98. The molecule has 0 atom stereocenters. The number of thiazole rings is 1. The monoisotopic (exact) mass is 253 g/mol. The first-order valence-corrected chi connectivity index (χ1v) is 5.97. The van der Waals surface area contributed by atoms with Gasteiger partial charge < -0.3 is 14.5 Å². The van der Waals surface area contributed by atoms with Crippen LogP contribution in [0, 0.1) is 0 Å². The van der Waals surface area contributed by atoms with Crippen LogP contribution >= 0.6 is 11.3 Å². The normalized spacial score (nSPS) is 10.2. The Morgan fingerprint density at radius 1 is 1.65 bits per heavy atom. The SMILES string of the molecule is CCOC(=O)c1coc(NCc2cscn2)n1. The molecule has 2 rings (SSSR count). The fourth-order valence-corrected chi connectivity index (χ4v) is 1.70. The van der Waals surface area contributed by atoms with E-state index in [0.29, 0.717) is 13.2 Å². The van der Waals surface area contributed by atoms with Gasteiger partial charge >= 0.3 is 5.97 Å². The zero-order chi connectivity index (χ0) is 12.1. The number of hydrogen-bond acceptors (Lipinski definition) is 7. The predicted octanol–water partition coefficient (Wildman–Crippen LogP) is 1.92. The maximum absolute atomic E-state index is 11.3. The van der Waals surface area contributed by atoms with Crippen molar-refractivity contribution >= 4 is 23.3 Å². The Morgan fingerprint density at radius 2 is 2.53 bits per heavy atom. The number of hydrogen-bond donors (Lipinski definition) is 1. The highest BCUT2D eigenvalue weighted by Crippen LogP contribution is 2.10. The lowest BCUT2D eigenvalue weighted by molar-refractivity contribution is 0.0519. The fraction of sp³-hybridized carbons (Fsp3) is 0.300. The first-order chi connectivity index (χ1) is 8.29. The molecule has 0 aliphatic heterocycles. The molecule has 0 saturated heterocycles. The molecule has 1 N–H and O–H groups in total. The third-order valence-electron chi connectivity index (χ3n) is 1.89. The molecule has 0 amide bonds. The average molecular weight is 253 g/mol. The van der Waals surface area contributed by atoms with Crippen LogP contribution in [0.4, 0.5) is 6.01 Å². The van der Waals surface area contributed by atoms with Gasteiger partial charge in [-0.3, -0.25) is 0 Å². The summed E-state index contributed by atoms with van der Waals surface area (Å²) in [6, 6.07) is 0.279. The lowest BCUT2D eigenvalue weighted by Crippen LogP contribution is -2.05. The third kappa shape index (κ3) is 3.04. The van der Waals surface area contributed by atoms with Gasteiger partial charge in [0, 0.05) is 5.38 Å². The van der Waals surface area contributed by atoms with Crippen molar-refractivity contribution in [3.05, 3.63) is 28.5 Å². The molecular weight excluding hydrogens is 242 g/mol. The van der Waals surface area contributed by atoms with E-state index in [-0.39, 0.29) is 11.7 Å². The van der Waals surface area contributed by atoms with Crippen molar-refractivity contribution in [1.29, 1.82) is 0 Å². The number of oxazole rings is 1. The van der Waals surface area contributed by atoms with Gasteiger partial charge in [0.05, 0.1) is 24.4 Å². The van der Waals surface area contributed by atoms with Crippen molar-refractivity contribution in [3.63, 3.8) is 0 Å². The highest BCUT2D eigenvalue weighted by molar-refractivity contribution is 7.07. The van der Waals surface area contributed by atoms with Crippen LogP contribution in [0.1, 0.15) is 23.1 Å². The second-order valence-corrected chi connectivity index (χ2v) is 3.81. The van der Waals surface area contributed by atoms with E-state index in [4.69, 9.17) is 9.15 Å². The smallest absolute Gasteiger partial charge is 0.360 e. The molecule has 0 radical (unpaired) electrons. The first kappa shape index (κ1) is 11.6. The lowest BCUT2D eigenvalue weighted by Gasteiger charge is -1.97. The molecule has 17 heavy (non-hydrogen) atoms. The summed E-state index contributed by atoms with van der Waals surface area (Å²) in [7, 11) is 0. The van der Waals surface area contributed by atoms with Gasteiger partial charge in [-0.15, -0.1) is 11.3 Å². The Balaban J connectivity index is 1.92. The van der Waals surface area contributed by atoms with E-state index in [1.165, 1.54) is 17.6 Å². The highest BCUT2D eigenvalue weighted by atomic mass is 32.1. The van der Waals surface area contributed by atoms with Crippen LogP contribution in [0.2, 0.25) is 0 Å². The Bertz CT molecular complexity index is 481. The number of anilines is 1. The summed E-state index contributed by atoms with van der Waals surface area (Å²) in [5.41, 5.74) is 2.80. The summed E-state index contributed by atoms with van der Waals surface area (Å²) < 4.78 is 9.87. The number of aromatic nitrogens is 2. The Labute approximate surface area is 102 Å². The number of esters is 1. The molecule has 0 unspecified atom stereocenters. The summed E-state index contributed by atoms with van der Waals surface area (Å²) in [4.78, 5) is 19.4. The molecule has 2 aromatic rings. The van der Waals surface area contributed by atoms with Gasteiger partial charge in [0.2, 0.25) is 0 Å². The standard InChI is InChI=1S/C10H11N3O3S/c1-2-15-9(14)8-4-16-10(13-8)11-3-7-5-17-6-12-7/h4-6H,2-3H2,1H3,(H,11,13). The van der Waals surface area contributed by atoms with Gasteiger partial charge in [-0.1, -0.05) is 0 Å². The Hall–Kier alpha value is -1.89. The second-order valence-electron chi connectivity index (χ2n) is 3.09. The van der Waals surface area contributed by atoms with Crippen LogP contribution in [0.3, 0.4) is 0 Å². The number of carbonyl (C=O) groups excluding carboxylic acids is 1. The fourth-order valence-electron chi connectivity index (χ4n) is 1.14. The minimum Gasteiger partial charge on any atom is -0.461 e. The summed E-state index contributed by atoms with van der Waals surface area (Å²) in [6.07, 6.45) is 1.27. The van der Waals surface area contributed by atoms with E-state index >= 15 is 0 Å². The maximum atomic E-state index is 11.3. The number of rotatable bonds is 5. The molecule has 2 aromatic heterocycles. The van der Waals surface area contributed by atoms with Crippen LogP contribution in [-0.2, 0) is 11.3 Å². The Morgan fingerprint density at radius 3 is 3.24 bits per heavy atom. The molecule has 0 aliphatic carbocycles. The van der Waals surface area contributed by atoms with Crippen molar-refractivity contribution < 1.29 is 13.9 Å². The van der Waals surface area contributed by atoms with Gasteiger partial charge in [0.1, 0.15) is 6.26 Å². The van der Waals surface area contributed by atoms with E-state index in [1.807, 2.05) is 5.38 Å². The molecule has 0 aromatic carbocycles. The van der Waals surface area contributed by atoms with Crippen molar-refractivity contribution in [3.8, 4) is 0 Å². The number of nitrogens with zero attached hydrogens (tertiary/aromatic N) is 2. The third-order valence-corrected chi connectivity index (χ3v) is 2.53. The minimum absolute atomic E-state index is 0.160. The quantitative estimate of drug-likeness (QED) is 0.820. The van der Waals surface area contributed by atoms with Crippen molar-refractivity contribution in [2.24, 2.45) is 0 Å². The summed E-state index contributed by atoms with van der Waals surface area (Å²) >= 11 is 1.52. The predicted molar refractivity (Wildman–Crippen MR) is 61.9 cm³/mol. The van der Waals surface area contributed by atoms with Crippen LogP contribution in [0.25, 0.3) is 0 Å². The molecule has 0 saturated carbocycles. The molecule has 0 spiro atoms. The van der Waals surface area contributed by atoms with E-state index in [1.54, 1.807) is 12.4 Å². The minimum atomic E-state index is -0.488. The van der Waals surface area contributed by atoms with Crippen molar-refractivity contribution in [2.45, 2.75) is 13.5 Å². The highest BCUT2D eigenvalue weighted by Gasteiger charge is 2.12. The summed E-state index contributed by atoms with van der Waals surface area (Å²) in [5.74, 6) is -0.488. The number of nitrogens with one attached hydrogen (secondary N) is 1. The molecule has 6 nitrogen and oxygen atoms in total. The molecule has 0 aliphatic rings. The van der Waals surface area contributed by atoms with E-state index in [9.17, 15) is 4.79 Å². The summed E-state index contributed by atoms with van der Waals surface area (Å²) in [6.45, 7) is 2.55. The zero-order valence-corrected chi connectivity index (χ0v) is 9.99. The van der Waals surface area contributed by atoms with Gasteiger partial charge in [-0.2, -0.15) is 4.98 Å². The second kappa shape index (κ2) is 5.44. The van der Waals surface area contributed by atoms with E-state index in [0.717, 1.165) is 5.69 Å². The van der Waals surface area contributed by atoms with E-state index < -0.39 is 5.97 Å². The summed E-state index contributed by atoms with van der Waals surface area (Å²) in [5, 5.41) is 4.84. The largest absolute Gasteiger partial charge is 0.461 e. The van der Waals surface area contributed by atoms with Crippen LogP contribution in [0.15, 0.2) is 21.6 Å². The van der Waals surface area contributed by atoms with Gasteiger partial charge in [-0.25, -0.2) is 9.78 Å². The van der Waals surface area contributed by atoms with Gasteiger partial charge in [-0.05, 0) is 6.92 Å². The Kier molecular flexibility index (Phi) is 3.71. The van der Waals surface area contributed by atoms with Crippen LogP contribution < -0.4 is 5.32 Å². The van der Waals surface area contributed by atoms with Gasteiger partial charge in [0.25, 0.3) is 6.01 Å². The lowest BCUT2D eigenvalue weighted by atomic mass is 10.5. The zero-order valence-electron chi connectivity index (χ0n) is 9.17. The molecule has 90 valence electrons. The van der Waals surface area contributed by atoms with Crippen molar-refractivity contribution in [2.75, 3.05) is 11.9 Å². The molecule has 2 heterocycles. The van der Waals surface area contributed by atoms with Crippen LogP contribution in [-0.4, -0.2) is 22.5 Å². The maximum Gasteiger partial charge on any atom is 0.360 e. The molecule has 7 heteroatoms. The van der Waals surface area contributed by atoms with Crippen LogP contribution in [0.5, 0.6) is 0 Å². The number of ether oxygens (including phenoxy) is 1. The van der Waals surface area contributed by atoms with E-state index in [2.05, 4.69) is 15.3 Å². The van der Waals surface area contributed by atoms with Gasteiger partial charge in [0.15, 0.2) is 5.69 Å². The molecule has 0 bridgehead atoms. The molecule has 0 fully saturated rings. The number of carbonyl (C=O) groups is 1. The first-order valence-electron chi connectivity index (χ1n) is 5.03. The topological polar surface area (TPSA) is 77.2 Å².